The quantitative estimate of drug-likeness (QED) is 0.379. The fourth-order valence-corrected chi connectivity index (χ4v) is 7.21. The van der Waals surface area contributed by atoms with Crippen molar-refractivity contribution in [1.82, 2.24) is 14.5 Å². The molecule has 3 aromatic rings. The van der Waals surface area contributed by atoms with Gasteiger partial charge in [-0.25, -0.2) is 13.1 Å². The van der Waals surface area contributed by atoms with Crippen molar-refractivity contribution in [3.8, 4) is 5.75 Å². The largest absolute Gasteiger partial charge is 0.485 e. The number of fused-ring (bicyclic) bond motifs is 1. The van der Waals surface area contributed by atoms with Gasteiger partial charge < -0.3 is 14.7 Å². The molecule has 2 N–H and O–H groups in total. The van der Waals surface area contributed by atoms with Crippen LogP contribution >= 0.6 is 0 Å². The van der Waals surface area contributed by atoms with Gasteiger partial charge in [0.25, 0.3) is 5.91 Å². The lowest BCUT2D eigenvalue weighted by Crippen LogP contribution is -2.53. The van der Waals surface area contributed by atoms with E-state index < -0.39 is 27.8 Å². The maximum Gasteiger partial charge on any atom is 0.254 e. The minimum Gasteiger partial charge on any atom is -0.485 e. The molecule has 1 saturated heterocycles. The molecule has 0 radical (unpaired) electrons. The molecular formula is C33H41N3O5S. The fourth-order valence-electron chi connectivity index (χ4n) is 5.99. The standard InChI is InChI=1S/C33H41N3O5S/c1-5-23-12-15-27(16-13-23)42(39,40)34-30-28-20-25(14-17-29(28)41-33(3,4)31(30)37)32(38)36(6-2)26-18-19-35(22-26)21-24-10-8-7-9-11-24/h7-17,20,26,30-31,34,37H,5-6,18-19,21-22H2,1-4H3/t26-,30+,31-/m1/s1. The van der Waals surface area contributed by atoms with Gasteiger partial charge in [-0.2, -0.15) is 0 Å². The smallest absolute Gasteiger partial charge is 0.254 e. The lowest BCUT2D eigenvalue weighted by atomic mass is 9.86. The highest BCUT2D eigenvalue weighted by Gasteiger charge is 2.45. The van der Waals surface area contributed by atoms with Crippen molar-refractivity contribution >= 4 is 15.9 Å². The predicted octanol–water partition coefficient (Wildman–Crippen LogP) is 4.54. The second-order valence-electron chi connectivity index (χ2n) is 11.8. The number of amides is 1. The number of likely N-dealkylation sites (N-methyl/N-ethyl adjacent to an activating group) is 1. The Kier molecular flexibility index (Phi) is 8.76. The van der Waals surface area contributed by atoms with Gasteiger partial charge in [-0.15, -0.1) is 0 Å². The number of nitrogens with zero attached hydrogens (tertiary/aromatic N) is 2. The fraction of sp³-hybridized carbons (Fsp3) is 0.424. The molecule has 1 amide bonds. The second kappa shape index (κ2) is 12.2. The van der Waals surface area contributed by atoms with Gasteiger partial charge in [0, 0.05) is 43.3 Å². The van der Waals surface area contributed by atoms with Crippen LogP contribution in [0, 0.1) is 0 Å². The first-order valence-electron chi connectivity index (χ1n) is 14.7. The van der Waals surface area contributed by atoms with Crippen LogP contribution < -0.4 is 9.46 Å². The van der Waals surface area contributed by atoms with Crippen LogP contribution in [-0.4, -0.2) is 66.6 Å². The molecule has 2 aliphatic rings. The third-order valence-corrected chi connectivity index (χ3v) is 9.91. The first-order valence-corrected chi connectivity index (χ1v) is 16.2. The van der Waals surface area contributed by atoms with E-state index in [9.17, 15) is 18.3 Å². The highest BCUT2D eigenvalue weighted by molar-refractivity contribution is 7.89. The van der Waals surface area contributed by atoms with Gasteiger partial charge in [0.2, 0.25) is 10.0 Å². The number of carbonyl (C=O) groups excluding carboxylic acids is 1. The minimum absolute atomic E-state index is 0.0726. The van der Waals surface area contributed by atoms with Crippen LogP contribution in [0.4, 0.5) is 0 Å². The molecule has 0 aromatic heterocycles. The van der Waals surface area contributed by atoms with E-state index in [1.54, 1.807) is 56.3 Å². The van der Waals surface area contributed by atoms with E-state index in [1.165, 1.54) is 5.56 Å². The maximum absolute atomic E-state index is 13.9. The molecular weight excluding hydrogens is 550 g/mol. The summed E-state index contributed by atoms with van der Waals surface area (Å²) in [5.41, 5.74) is 2.09. The summed E-state index contributed by atoms with van der Waals surface area (Å²) in [6, 6.07) is 21.2. The number of ether oxygens (including phenoxy) is 1. The van der Waals surface area contributed by atoms with E-state index in [-0.39, 0.29) is 16.8 Å². The lowest BCUT2D eigenvalue weighted by molar-refractivity contribution is -0.0603. The van der Waals surface area contributed by atoms with Crippen LogP contribution in [-0.2, 0) is 23.0 Å². The summed E-state index contributed by atoms with van der Waals surface area (Å²) in [5.74, 6) is 0.316. The molecule has 0 bridgehead atoms. The molecule has 1 fully saturated rings. The number of benzene rings is 3. The average molecular weight is 592 g/mol. The molecule has 3 aromatic carbocycles. The highest BCUT2D eigenvalue weighted by atomic mass is 32.2. The Morgan fingerprint density at radius 2 is 1.76 bits per heavy atom. The van der Waals surface area contributed by atoms with E-state index in [0.29, 0.717) is 23.4 Å². The second-order valence-corrected chi connectivity index (χ2v) is 13.5. The number of aryl methyl sites for hydroxylation is 1. The molecule has 8 nitrogen and oxygen atoms in total. The Balaban J connectivity index is 1.39. The molecule has 224 valence electrons. The summed E-state index contributed by atoms with van der Waals surface area (Å²) in [7, 11) is -3.98. The average Bonchev–Trinajstić information content (AvgIpc) is 3.43. The normalized spacial score (nSPS) is 21.9. The number of likely N-dealkylation sites (tertiary alicyclic amines) is 1. The lowest BCUT2D eigenvalue weighted by Gasteiger charge is -2.42. The van der Waals surface area contributed by atoms with Gasteiger partial charge in [-0.3, -0.25) is 9.69 Å². The Labute approximate surface area is 249 Å². The minimum atomic E-state index is -3.98. The molecule has 0 aliphatic carbocycles. The molecule has 0 saturated carbocycles. The number of hydrogen-bond acceptors (Lipinski definition) is 6. The van der Waals surface area contributed by atoms with Gasteiger partial charge in [0.15, 0.2) is 0 Å². The number of aliphatic hydroxyl groups excluding tert-OH is 1. The van der Waals surface area contributed by atoms with Gasteiger partial charge in [-0.05, 0) is 75.1 Å². The van der Waals surface area contributed by atoms with Crippen LogP contribution in [0.15, 0.2) is 77.7 Å². The predicted molar refractivity (Wildman–Crippen MR) is 163 cm³/mol. The zero-order valence-electron chi connectivity index (χ0n) is 24.8. The molecule has 0 spiro atoms. The van der Waals surface area contributed by atoms with Crippen molar-refractivity contribution in [3.63, 3.8) is 0 Å². The van der Waals surface area contributed by atoms with E-state index in [4.69, 9.17) is 4.74 Å². The van der Waals surface area contributed by atoms with E-state index >= 15 is 0 Å². The highest BCUT2D eigenvalue weighted by Crippen LogP contribution is 2.41. The molecule has 0 unspecified atom stereocenters. The first kappa shape index (κ1) is 30.2. The van der Waals surface area contributed by atoms with E-state index in [0.717, 1.165) is 38.0 Å². The SMILES string of the molecule is CCc1ccc(S(=O)(=O)N[C@H]2c3cc(C(=O)N(CC)[C@@H]4CCN(Cc5ccccc5)C4)ccc3OC(C)(C)[C@@H]2O)cc1. The van der Waals surface area contributed by atoms with Crippen molar-refractivity contribution in [3.05, 3.63) is 95.1 Å². The zero-order chi connectivity index (χ0) is 30.1. The third kappa shape index (κ3) is 6.24. The molecule has 5 rings (SSSR count). The van der Waals surface area contributed by atoms with Gasteiger partial charge in [-0.1, -0.05) is 49.4 Å². The third-order valence-electron chi connectivity index (χ3n) is 8.46. The summed E-state index contributed by atoms with van der Waals surface area (Å²) in [5, 5.41) is 11.3. The van der Waals surface area contributed by atoms with Crippen LogP contribution in [0.25, 0.3) is 0 Å². The van der Waals surface area contributed by atoms with Crippen LogP contribution in [0.1, 0.15) is 67.2 Å². The Morgan fingerprint density at radius 1 is 1.05 bits per heavy atom. The summed E-state index contributed by atoms with van der Waals surface area (Å²) in [6.45, 7) is 10.5. The number of carbonyl (C=O) groups is 1. The number of rotatable bonds is 9. The van der Waals surface area contributed by atoms with Gasteiger partial charge in [0.1, 0.15) is 17.5 Å². The van der Waals surface area contributed by atoms with E-state index in [1.807, 2.05) is 36.9 Å². The zero-order valence-corrected chi connectivity index (χ0v) is 25.6. The number of nitrogens with one attached hydrogen (secondary N) is 1. The molecule has 9 heteroatoms. The van der Waals surface area contributed by atoms with Crippen molar-refractivity contribution in [2.24, 2.45) is 0 Å². The van der Waals surface area contributed by atoms with Gasteiger partial charge >= 0.3 is 0 Å². The van der Waals surface area contributed by atoms with Crippen LogP contribution in [0.3, 0.4) is 0 Å². The molecule has 42 heavy (non-hydrogen) atoms. The molecule has 3 atom stereocenters. The van der Waals surface area contributed by atoms with E-state index in [2.05, 4.69) is 21.8 Å². The Bertz CT molecular complexity index is 1510. The summed E-state index contributed by atoms with van der Waals surface area (Å²) in [6.07, 6.45) is 0.488. The topological polar surface area (TPSA) is 99.2 Å². The number of sulfonamides is 1. The number of aliphatic hydroxyl groups is 1. The summed E-state index contributed by atoms with van der Waals surface area (Å²) in [4.78, 5) is 18.2. The Hall–Kier alpha value is -3.24. The monoisotopic (exact) mass is 591 g/mol. The van der Waals surface area contributed by atoms with Crippen molar-refractivity contribution in [2.75, 3.05) is 19.6 Å². The van der Waals surface area contributed by atoms with Crippen LogP contribution in [0.2, 0.25) is 0 Å². The summed E-state index contributed by atoms with van der Waals surface area (Å²) >= 11 is 0. The molecule has 2 aliphatic heterocycles. The van der Waals surface area contributed by atoms with Crippen molar-refractivity contribution in [1.29, 1.82) is 0 Å². The first-order chi connectivity index (χ1) is 20.0. The summed E-state index contributed by atoms with van der Waals surface area (Å²) < 4.78 is 35.7. The molecule has 2 heterocycles. The van der Waals surface area contributed by atoms with Crippen molar-refractivity contribution in [2.45, 2.75) is 75.8 Å². The maximum atomic E-state index is 13.9. The Morgan fingerprint density at radius 3 is 2.43 bits per heavy atom. The van der Waals surface area contributed by atoms with Crippen molar-refractivity contribution < 1.29 is 23.1 Å². The van der Waals surface area contributed by atoms with Gasteiger partial charge in [0.05, 0.1) is 10.9 Å². The van der Waals surface area contributed by atoms with Crippen LogP contribution in [0.5, 0.6) is 5.75 Å². The number of hydrogen-bond donors (Lipinski definition) is 2.